The minimum Gasteiger partial charge on any atom is -0.351 e. The standard InChI is InChI=1S/C14H25N5O2/c1-10(2)18-14(13(19(20)21)11(3)16-18)17-8-4-5-12(9-17)6-7-15/h10,12H,4-9,15H2,1-3H3. The Balaban J connectivity index is 2.38. The normalized spacial score (nSPS) is 19.3. The molecule has 21 heavy (non-hydrogen) atoms. The summed E-state index contributed by atoms with van der Waals surface area (Å²) in [5, 5.41) is 15.8. The highest BCUT2D eigenvalue weighted by Crippen LogP contribution is 2.36. The summed E-state index contributed by atoms with van der Waals surface area (Å²) in [6, 6.07) is 0.0993. The van der Waals surface area contributed by atoms with Gasteiger partial charge in [-0.3, -0.25) is 10.1 Å². The molecule has 7 nitrogen and oxygen atoms in total. The van der Waals surface area contributed by atoms with Crippen molar-refractivity contribution in [2.45, 2.75) is 46.1 Å². The van der Waals surface area contributed by atoms with Gasteiger partial charge in [0.2, 0.25) is 5.82 Å². The third-order valence-electron chi connectivity index (χ3n) is 4.09. The molecule has 1 aliphatic heterocycles. The molecule has 1 aromatic rings. The van der Waals surface area contributed by atoms with Crippen LogP contribution in [0, 0.1) is 23.0 Å². The first-order valence-electron chi connectivity index (χ1n) is 7.64. The summed E-state index contributed by atoms with van der Waals surface area (Å²) in [4.78, 5) is 13.3. The van der Waals surface area contributed by atoms with Crippen LogP contribution in [0.15, 0.2) is 0 Å². The van der Waals surface area contributed by atoms with E-state index in [-0.39, 0.29) is 16.7 Å². The number of hydrogen-bond acceptors (Lipinski definition) is 5. The Morgan fingerprint density at radius 3 is 2.81 bits per heavy atom. The highest BCUT2D eigenvalue weighted by molar-refractivity contribution is 5.61. The fraction of sp³-hybridized carbons (Fsp3) is 0.786. The smallest absolute Gasteiger partial charge is 0.333 e. The average molecular weight is 295 g/mol. The van der Waals surface area contributed by atoms with Crippen molar-refractivity contribution in [2.24, 2.45) is 11.7 Å². The van der Waals surface area contributed by atoms with E-state index >= 15 is 0 Å². The fourth-order valence-electron chi connectivity index (χ4n) is 3.12. The van der Waals surface area contributed by atoms with E-state index in [0.717, 1.165) is 32.4 Å². The molecule has 1 saturated heterocycles. The van der Waals surface area contributed by atoms with Crippen molar-refractivity contribution >= 4 is 11.5 Å². The van der Waals surface area contributed by atoms with Gasteiger partial charge in [0.25, 0.3) is 0 Å². The molecule has 1 fully saturated rings. The molecule has 2 N–H and O–H groups in total. The number of nitro groups is 1. The van der Waals surface area contributed by atoms with Crippen molar-refractivity contribution in [3.05, 3.63) is 15.8 Å². The second kappa shape index (κ2) is 6.43. The molecule has 0 saturated carbocycles. The first-order chi connectivity index (χ1) is 9.95. The second-order valence-electron chi connectivity index (χ2n) is 6.08. The molecule has 0 aliphatic carbocycles. The lowest BCUT2D eigenvalue weighted by Gasteiger charge is -2.34. The highest BCUT2D eigenvalue weighted by atomic mass is 16.6. The van der Waals surface area contributed by atoms with Gasteiger partial charge >= 0.3 is 5.69 Å². The van der Waals surface area contributed by atoms with Crippen LogP contribution in [0.25, 0.3) is 0 Å². The largest absolute Gasteiger partial charge is 0.351 e. The Morgan fingerprint density at radius 1 is 1.52 bits per heavy atom. The lowest BCUT2D eigenvalue weighted by atomic mass is 9.95. The molecule has 0 bridgehead atoms. The van der Waals surface area contributed by atoms with Gasteiger partial charge in [-0.05, 0) is 52.5 Å². The number of rotatable bonds is 5. The molecule has 0 aromatic carbocycles. The quantitative estimate of drug-likeness (QED) is 0.664. The minimum absolute atomic E-state index is 0.0993. The summed E-state index contributed by atoms with van der Waals surface area (Å²) in [7, 11) is 0. The second-order valence-corrected chi connectivity index (χ2v) is 6.08. The zero-order valence-electron chi connectivity index (χ0n) is 13.1. The van der Waals surface area contributed by atoms with E-state index in [1.54, 1.807) is 11.6 Å². The Labute approximate surface area is 125 Å². The van der Waals surface area contributed by atoms with E-state index in [9.17, 15) is 10.1 Å². The van der Waals surface area contributed by atoms with Crippen LogP contribution < -0.4 is 10.6 Å². The zero-order valence-corrected chi connectivity index (χ0v) is 13.1. The van der Waals surface area contributed by atoms with Crippen LogP contribution in [-0.4, -0.2) is 34.3 Å². The highest BCUT2D eigenvalue weighted by Gasteiger charge is 2.32. The minimum atomic E-state index is -0.302. The summed E-state index contributed by atoms with van der Waals surface area (Å²) in [5.74, 6) is 1.17. The van der Waals surface area contributed by atoms with Crippen LogP contribution in [-0.2, 0) is 0 Å². The van der Waals surface area contributed by atoms with Gasteiger partial charge in [-0.1, -0.05) is 0 Å². The Bertz CT molecular complexity index is 510. The van der Waals surface area contributed by atoms with Gasteiger partial charge in [-0.2, -0.15) is 5.10 Å². The molecule has 2 rings (SSSR count). The molecule has 1 unspecified atom stereocenters. The maximum Gasteiger partial charge on any atom is 0.333 e. The summed E-state index contributed by atoms with van der Waals surface area (Å²) in [6.07, 6.45) is 3.17. The lowest BCUT2D eigenvalue weighted by molar-refractivity contribution is -0.384. The fourth-order valence-corrected chi connectivity index (χ4v) is 3.12. The van der Waals surface area contributed by atoms with Gasteiger partial charge in [0, 0.05) is 19.1 Å². The van der Waals surface area contributed by atoms with Gasteiger partial charge in [0.1, 0.15) is 5.69 Å². The predicted octanol–water partition coefficient (Wildman–Crippen LogP) is 2.25. The van der Waals surface area contributed by atoms with Crippen LogP contribution in [0.4, 0.5) is 11.5 Å². The van der Waals surface area contributed by atoms with Crippen molar-refractivity contribution in [3.8, 4) is 0 Å². The maximum absolute atomic E-state index is 11.4. The number of nitrogens with two attached hydrogens (primary N) is 1. The van der Waals surface area contributed by atoms with E-state index in [1.165, 1.54) is 0 Å². The molecule has 1 atom stereocenters. The van der Waals surface area contributed by atoms with Gasteiger partial charge in [0.05, 0.1) is 4.92 Å². The van der Waals surface area contributed by atoms with Crippen LogP contribution in [0.1, 0.15) is 44.8 Å². The molecular weight excluding hydrogens is 270 g/mol. The van der Waals surface area contributed by atoms with E-state index in [2.05, 4.69) is 10.00 Å². The van der Waals surface area contributed by atoms with E-state index in [4.69, 9.17) is 5.73 Å². The van der Waals surface area contributed by atoms with E-state index in [0.29, 0.717) is 24.0 Å². The summed E-state index contributed by atoms with van der Waals surface area (Å²) in [5.41, 5.74) is 6.30. The maximum atomic E-state index is 11.4. The molecule has 1 aromatic heterocycles. The van der Waals surface area contributed by atoms with Crippen molar-refractivity contribution in [2.75, 3.05) is 24.5 Å². The Morgan fingerprint density at radius 2 is 2.24 bits per heavy atom. The summed E-state index contributed by atoms with van der Waals surface area (Å²) < 4.78 is 1.79. The molecule has 1 aliphatic rings. The molecule has 0 radical (unpaired) electrons. The van der Waals surface area contributed by atoms with Gasteiger partial charge in [-0.25, -0.2) is 4.68 Å². The molecular formula is C14H25N5O2. The zero-order chi connectivity index (χ0) is 15.6. The van der Waals surface area contributed by atoms with Crippen LogP contribution in [0.2, 0.25) is 0 Å². The number of anilines is 1. The van der Waals surface area contributed by atoms with Crippen molar-refractivity contribution < 1.29 is 4.92 Å². The van der Waals surface area contributed by atoms with Crippen LogP contribution in [0.3, 0.4) is 0 Å². The molecule has 0 amide bonds. The van der Waals surface area contributed by atoms with Gasteiger partial charge < -0.3 is 10.6 Å². The number of aryl methyl sites for hydroxylation is 1. The summed E-state index contributed by atoms with van der Waals surface area (Å²) in [6.45, 7) is 8.06. The first-order valence-corrected chi connectivity index (χ1v) is 7.64. The topological polar surface area (TPSA) is 90.2 Å². The molecule has 2 heterocycles. The third kappa shape index (κ3) is 3.18. The monoisotopic (exact) mass is 295 g/mol. The Hall–Kier alpha value is -1.63. The van der Waals surface area contributed by atoms with Crippen molar-refractivity contribution in [1.82, 2.24) is 9.78 Å². The predicted molar refractivity (Wildman–Crippen MR) is 82.6 cm³/mol. The number of hydrogen-bond donors (Lipinski definition) is 1. The average Bonchev–Trinajstić information content (AvgIpc) is 2.77. The number of nitrogens with zero attached hydrogens (tertiary/aromatic N) is 4. The van der Waals surface area contributed by atoms with Gasteiger partial charge in [0.15, 0.2) is 0 Å². The van der Waals surface area contributed by atoms with Crippen molar-refractivity contribution in [1.29, 1.82) is 0 Å². The van der Waals surface area contributed by atoms with Crippen molar-refractivity contribution in [3.63, 3.8) is 0 Å². The van der Waals surface area contributed by atoms with Crippen LogP contribution in [0.5, 0.6) is 0 Å². The third-order valence-corrected chi connectivity index (χ3v) is 4.09. The first kappa shape index (κ1) is 15.8. The van der Waals surface area contributed by atoms with Crippen LogP contribution >= 0.6 is 0 Å². The number of aromatic nitrogens is 2. The molecule has 118 valence electrons. The van der Waals surface area contributed by atoms with E-state index in [1.807, 2.05) is 13.8 Å². The molecule has 0 spiro atoms. The van der Waals surface area contributed by atoms with Gasteiger partial charge in [-0.15, -0.1) is 0 Å². The van der Waals surface area contributed by atoms with E-state index < -0.39 is 0 Å². The lowest BCUT2D eigenvalue weighted by Crippen LogP contribution is -2.38. The Kier molecular flexibility index (Phi) is 4.82. The summed E-state index contributed by atoms with van der Waals surface area (Å²) >= 11 is 0. The molecule has 7 heteroatoms. The number of piperidine rings is 1. The SMILES string of the molecule is Cc1nn(C(C)C)c(N2CCCC(CCN)C2)c1[N+](=O)[O-].